The molecule has 0 bridgehead atoms. The van der Waals surface area contributed by atoms with Crippen molar-refractivity contribution in [1.29, 1.82) is 0 Å². The molecule has 0 saturated carbocycles. The van der Waals surface area contributed by atoms with Crippen molar-refractivity contribution in [3.05, 3.63) is 63.7 Å². The minimum Gasteiger partial charge on any atom is -0.465 e. The van der Waals surface area contributed by atoms with Crippen LogP contribution >= 0.6 is 0 Å². The molecule has 0 fully saturated rings. The van der Waals surface area contributed by atoms with Crippen molar-refractivity contribution in [3.8, 4) is 0 Å². The number of ether oxygens (including phenoxy) is 2. The molecule has 37 heavy (non-hydrogen) atoms. The van der Waals surface area contributed by atoms with Gasteiger partial charge in [0.25, 0.3) is 0 Å². The zero-order chi connectivity index (χ0) is 27.3. The van der Waals surface area contributed by atoms with Crippen molar-refractivity contribution < 1.29 is 50.5 Å². The molecular formula is C24H22F6N2O5. The summed E-state index contributed by atoms with van der Waals surface area (Å²) in [5, 5.41) is 9.81. The monoisotopic (exact) mass is 532 g/mol. The van der Waals surface area contributed by atoms with Crippen LogP contribution in [0.15, 0.2) is 30.3 Å². The molecule has 0 saturated heterocycles. The first kappa shape index (κ1) is 26.6. The Bertz CT molecular complexity index is 1200. The van der Waals surface area contributed by atoms with Crippen LogP contribution in [0.5, 0.6) is 0 Å². The Morgan fingerprint density at radius 3 is 2.11 bits per heavy atom. The third kappa shape index (κ3) is 5.17. The van der Waals surface area contributed by atoms with E-state index in [1.807, 2.05) is 0 Å². The first-order valence-corrected chi connectivity index (χ1v) is 11.1. The highest BCUT2D eigenvalue weighted by atomic mass is 19.4. The Labute approximate surface area is 207 Å². The van der Waals surface area contributed by atoms with E-state index in [1.54, 1.807) is 19.1 Å². The number of nitrogens with zero attached hydrogens (tertiary/aromatic N) is 2. The van der Waals surface area contributed by atoms with Crippen LogP contribution in [-0.2, 0) is 41.6 Å². The molecule has 2 amide bonds. The number of carboxylic acid groups (broad SMARTS) is 1. The summed E-state index contributed by atoms with van der Waals surface area (Å²) < 4.78 is 90.7. The van der Waals surface area contributed by atoms with E-state index in [2.05, 4.69) is 0 Å². The number of rotatable bonds is 3. The van der Waals surface area contributed by atoms with Crippen LogP contribution < -0.4 is 4.90 Å². The molecule has 2 aliphatic heterocycles. The molecule has 0 spiro atoms. The van der Waals surface area contributed by atoms with Crippen LogP contribution in [0.3, 0.4) is 0 Å². The molecule has 200 valence electrons. The van der Waals surface area contributed by atoms with E-state index in [-0.39, 0.29) is 31.4 Å². The number of amides is 2. The highest BCUT2D eigenvalue weighted by Crippen LogP contribution is 2.44. The molecule has 0 unspecified atom stereocenters. The Hall–Kier alpha value is -3.48. The standard InChI is InChI=1S/C24H22F6N2O5/c1-12-3-19(18-6-14-10-37-11-15(14)7-20(18)32(12)21(33)34)31(22(35)36-2)9-13-4-16(23(25,26)27)8-17(5-13)24(28,29)30/h4-8,12,19H,3,9-11H2,1-2H3,(H,33,34)/t12-,19+/m1/s1. The van der Waals surface area contributed by atoms with Crippen LogP contribution in [0, 0.1) is 0 Å². The lowest BCUT2D eigenvalue weighted by Gasteiger charge is -2.42. The van der Waals surface area contributed by atoms with Gasteiger partial charge in [0.2, 0.25) is 0 Å². The van der Waals surface area contributed by atoms with E-state index < -0.39 is 59.9 Å². The summed E-state index contributed by atoms with van der Waals surface area (Å²) in [6.45, 7) is 1.44. The molecule has 4 rings (SSSR count). The largest absolute Gasteiger partial charge is 0.465 e. The van der Waals surface area contributed by atoms with Crippen molar-refractivity contribution in [2.24, 2.45) is 0 Å². The number of hydrogen-bond donors (Lipinski definition) is 1. The maximum Gasteiger partial charge on any atom is 0.416 e. The van der Waals surface area contributed by atoms with Crippen LogP contribution in [0.1, 0.15) is 52.8 Å². The Kier molecular flexibility index (Phi) is 6.78. The molecule has 1 N–H and O–H groups in total. The second-order valence-electron chi connectivity index (χ2n) is 8.94. The van der Waals surface area contributed by atoms with Crippen molar-refractivity contribution in [2.75, 3.05) is 12.0 Å². The quantitative estimate of drug-likeness (QED) is 0.467. The van der Waals surface area contributed by atoms with Crippen molar-refractivity contribution in [1.82, 2.24) is 4.90 Å². The minimum atomic E-state index is -5.05. The third-order valence-electron chi connectivity index (χ3n) is 6.48. The first-order chi connectivity index (χ1) is 17.2. The Balaban J connectivity index is 1.83. The summed E-state index contributed by atoms with van der Waals surface area (Å²) in [5.74, 6) is 0. The SMILES string of the molecule is COC(=O)N(Cc1cc(C(F)(F)F)cc(C(F)(F)F)c1)[C@H]1C[C@@H](C)N(C(=O)O)c2cc3c(cc21)COC3. The fourth-order valence-electron chi connectivity index (χ4n) is 4.82. The lowest BCUT2D eigenvalue weighted by molar-refractivity contribution is -0.143. The van der Waals surface area contributed by atoms with Gasteiger partial charge < -0.3 is 14.6 Å². The average Bonchev–Trinajstić information content (AvgIpc) is 3.26. The fraction of sp³-hybridized carbons (Fsp3) is 0.417. The van der Waals surface area contributed by atoms with Gasteiger partial charge in [-0.2, -0.15) is 26.3 Å². The zero-order valence-corrected chi connectivity index (χ0v) is 19.6. The van der Waals surface area contributed by atoms with Crippen LogP contribution in [0.2, 0.25) is 0 Å². The average molecular weight is 532 g/mol. The second-order valence-corrected chi connectivity index (χ2v) is 8.94. The second kappa shape index (κ2) is 9.43. The predicted octanol–water partition coefficient (Wildman–Crippen LogP) is 6.34. The van der Waals surface area contributed by atoms with E-state index in [9.17, 15) is 41.0 Å². The van der Waals surface area contributed by atoms with Gasteiger partial charge in [-0.05, 0) is 65.9 Å². The van der Waals surface area contributed by atoms with Gasteiger partial charge in [-0.3, -0.25) is 9.80 Å². The number of methoxy groups -OCH3 is 1. The highest BCUT2D eigenvalue weighted by Gasteiger charge is 2.41. The molecule has 2 aliphatic rings. The van der Waals surface area contributed by atoms with Crippen molar-refractivity contribution >= 4 is 17.9 Å². The summed E-state index contributed by atoms with van der Waals surface area (Å²) >= 11 is 0. The van der Waals surface area contributed by atoms with Crippen LogP contribution in [0.4, 0.5) is 41.6 Å². The van der Waals surface area contributed by atoms with Gasteiger partial charge in [-0.25, -0.2) is 9.59 Å². The summed E-state index contributed by atoms with van der Waals surface area (Å²) in [6.07, 6.45) is -12.3. The van der Waals surface area contributed by atoms with Gasteiger partial charge in [0, 0.05) is 12.6 Å². The van der Waals surface area contributed by atoms with Gasteiger partial charge in [0.1, 0.15) is 0 Å². The topological polar surface area (TPSA) is 79.3 Å². The van der Waals surface area contributed by atoms with E-state index in [1.165, 1.54) is 0 Å². The maximum absolute atomic E-state index is 13.4. The number of carbonyl (C=O) groups is 2. The molecule has 2 atom stereocenters. The lowest BCUT2D eigenvalue weighted by atomic mass is 9.88. The summed E-state index contributed by atoms with van der Waals surface area (Å²) in [7, 11) is 1.04. The van der Waals surface area contributed by atoms with Gasteiger partial charge in [-0.1, -0.05) is 0 Å². The Morgan fingerprint density at radius 1 is 1.03 bits per heavy atom. The molecule has 2 aromatic carbocycles. The molecule has 0 radical (unpaired) electrons. The molecule has 2 aromatic rings. The first-order valence-electron chi connectivity index (χ1n) is 11.1. The normalized spacial score (nSPS) is 19.3. The summed E-state index contributed by atoms with van der Waals surface area (Å²) in [5.41, 5.74) is -1.31. The van der Waals surface area contributed by atoms with E-state index in [4.69, 9.17) is 9.47 Å². The summed E-state index contributed by atoms with van der Waals surface area (Å²) in [6, 6.07) is 2.83. The molecule has 2 heterocycles. The smallest absolute Gasteiger partial charge is 0.416 e. The van der Waals surface area contributed by atoms with E-state index >= 15 is 0 Å². The molecule has 7 nitrogen and oxygen atoms in total. The molecule has 0 aromatic heterocycles. The fourth-order valence-corrected chi connectivity index (χ4v) is 4.82. The van der Waals surface area contributed by atoms with Gasteiger partial charge in [0.05, 0.1) is 43.2 Å². The number of alkyl halides is 6. The number of hydrogen-bond acceptors (Lipinski definition) is 4. The van der Waals surface area contributed by atoms with E-state index in [0.29, 0.717) is 17.7 Å². The van der Waals surface area contributed by atoms with Crippen LogP contribution in [0.25, 0.3) is 0 Å². The number of carbonyl (C=O) groups excluding carboxylic acids is 1. The van der Waals surface area contributed by atoms with E-state index in [0.717, 1.165) is 28.0 Å². The van der Waals surface area contributed by atoms with Crippen LogP contribution in [-0.4, -0.2) is 35.3 Å². The zero-order valence-electron chi connectivity index (χ0n) is 19.6. The summed E-state index contributed by atoms with van der Waals surface area (Å²) in [4.78, 5) is 27.0. The van der Waals surface area contributed by atoms with Gasteiger partial charge in [0.15, 0.2) is 0 Å². The maximum atomic E-state index is 13.4. The number of benzene rings is 2. The van der Waals surface area contributed by atoms with Gasteiger partial charge >= 0.3 is 24.5 Å². The lowest BCUT2D eigenvalue weighted by Crippen LogP contribution is -2.47. The number of anilines is 1. The third-order valence-corrected chi connectivity index (χ3v) is 6.48. The predicted molar refractivity (Wildman–Crippen MR) is 117 cm³/mol. The van der Waals surface area contributed by atoms with Gasteiger partial charge in [-0.15, -0.1) is 0 Å². The Morgan fingerprint density at radius 2 is 1.59 bits per heavy atom. The number of fused-ring (bicyclic) bond motifs is 2. The number of halogens is 6. The van der Waals surface area contributed by atoms with Crippen molar-refractivity contribution in [3.63, 3.8) is 0 Å². The van der Waals surface area contributed by atoms with Crippen molar-refractivity contribution in [2.45, 2.75) is 57.5 Å². The highest BCUT2D eigenvalue weighted by molar-refractivity contribution is 5.89. The minimum absolute atomic E-state index is 0.0119. The molecule has 0 aliphatic carbocycles. The molecule has 13 heteroatoms. The molecular weight excluding hydrogens is 510 g/mol.